The number of carbonyl (C=O) groups excluding carboxylic acids is 3. The second kappa shape index (κ2) is 5.55. The molecule has 1 fully saturated rings. The number of amides is 2. The Morgan fingerprint density at radius 1 is 1.35 bits per heavy atom. The molecule has 20 heavy (non-hydrogen) atoms. The van der Waals surface area contributed by atoms with E-state index in [4.69, 9.17) is 11.5 Å². The SMILES string of the molecule is NC(N)=NC(=O)C(=O)[C@@H]1CCCN1C(=O)c1ccc[nH]1. The summed E-state index contributed by atoms with van der Waals surface area (Å²) in [4.78, 5) is 43.1. The molecule has 0 saturated carbocycles. The fourth-order valence-corrected chi connectivity index (χ4v) is 2.22. The van der Waals surface area contributed by atoms with E-state index in [9.17, 15) is 14.4 Å². The van der Waals surface area contributed by atoms with E-state index in [0.717, 1.165) is 0 Å². The maximum absolute atomic E-state index is 12.2. The van der Waals surface area contributed by atoms with E-state index in [-0.39, 0.29) is 5.91 Å². The summed E-state index contributed by atoms with van der Waals surface area (Å²) in [5.74, 6) is -2.58. The second-order valence-electron chi connectivity index (χ2n) is 4.45. The average molecular weight is 277 g/mol. The van der Waals surface area contributed by atoms with Crippen LogP contribution in [0.25, 0.3) is 0 Å². The van der Waals surface area contributed by atoms with Crippen LogP contribution in [0.1, 0.15) is 23.3 Å². The Kier molecular flexibility index (Phi) is 3.83. The van der Waals surface area contributed by atoms with Crippen molar-refractivity contribution >= 4 is 23.6 Å². The molecule has 0 spiro atoms. The maximum Gasteiger partial charge on any atom is 0.318 e. The van der Waals surface area contributed by atoms with Crippen molar-refractivity contribution in [2.45, 2.75) is 18.9 Å². The minimum Gasteiger partial charge on any atom is -0.370 e. The Labute approximate surface area is 114 Å². The zero-order valence-electron chi connectivity index (χ0n) is 10.7. The van der Waals surface area contributed by atoms with E-state index in [2.05, 4.69) is 9.98 Å². The standard InChI is InChI=1S/C12H15N5O3/c13-12(14)16-10(19)9(18)8-4-2-6-17(8)11(20)7-3-1-5-15-7/h1,3,5,8,15H,2,4,6H2,(H4,13,14,16,19)/t8-/m0/s1. The fraction of sp³-hybridized carbons (Fsp3) is 0.333. The van der Waals surface area contributed by atoms with E-state index in [1.165, 1.54) is 4.90 Å². The fourth-order valence-electron chi connectivity index (χ4n) is 2.22. The Bertz CT molecular complexity index is 560. The molecule has 8 heteroatoms. The van der Waals surface area contributed by atoms with E-state index in [0.29, 0.717) is 25.1 Å². The van der Waals surface area contributed by atoms with Gasteiger partial charge < -0.3 is 21.4 Å². The van der Waals surface area contributed by atoms with Gasteiger partial charge in [-0.15, -0.1) is 0 Å². The molecule has 106 valence electrons. The van der Waals surface area contributed by atoms with E-state index < -0.39 is 23.7 Å². The maximum atomic E-state index is 12.2. The van der Waals surface area contributed by atoms with Crippen LogP contribution in [-0.4, -0.2) is 46.0 Å². The number of H-pyrrole nitrogens is 1. The molecule has 2 rings (SSSR count). The molecule has 0 unspecified atom stereocenters. The molecule has 2 amide bonds. The largest absolute Gasteiger partial charge is 0.370 e. The average Bonchev–Trinajstić information content (AvgIpc) is 3.07. The summed E-state index contributed by atoms with van der Waals surface area (Å²) in [6.07, 6.45) is 2.69. The molecule has 0 aliphatic carbocycles. The zero-order valence-corrected chi connectivity index (χ0v) is 10.7. The normalized spacial score (nSPS) is 17.8. The van der Waals surface area contributed by atoms with Gasteiger partial charge in [-0.1, -0.05) is 0 Å². The number of hydrogen-bond donors (Lipinski definition) is 3. The first-order chi connectivity index (χ1) is 9.50. The number of ketones is 1. The monoisotopic (exact) mass is 277 g/mol. The summed E-state index contributed by atoms with van der Waals surface area (Å²) >= 11 is 0. The van der Waals surface area contributed by atoms with E-state index in [1.807, 2.05) is 0 Å². The van der Waals surface area contributed by atoms with Crippen molar-refractivity contribution in [3.63, 3.8) is 0 Å². The molecule has 1 aliphatic rings. The van der Waals surface area contributed by atoms with Gasteiger partial charge in [0.05, 0.1) is 0 Å². The van der Waals surface area contributed by atoms with Crippen LogP contribution in [0.4, 0.5) is 0 Å². The highest BCUT2D eigenvalue weighted by atomic mass is 16.2. The van der Waals surface area contributed by atoms with Crippen LogP contribution in [0.15, 0.2) is 23.3 Å². The third-order valence-corrected chi connectivity index (χ3v) is 3.09. The summed E-state index contributed by atoms with van der Waals surface area (Å²) in [5.41, 5.74) is 10.5. The van der Waals surface area contributed by atoms with Crippen LogP contribution in [-0.2, 0) is 9.59 Å². The lowest BCUT2D eigenvalue weighted by Crippen LogP contribution is -2.43. The Hall–Kier alpha value is -2.64. The first kappa shape index (κ1) is 13.8. The number of likely N-dealkylation sites (tertiary alicyclic amines) is 1. The molecule has 8 nitrogen and oxygen atoms in total. The molecule has 0 bridgehead atoms. The number of hydrogen-bond acceptors (Lipinski definition) is 3. The Morgan fingerprint density at radius 3 is 2.70 bits per heavy atom. The number of rotatable bonds is 3. The summed E-state index contributed by atoms with van der Waals surface area (Å²) in [6.45, 7) is 0.420. The predicted molar refractivity (Wildman–Crippen MR) is 70.7 cm³/mol. The van der Waals surface area contributed by atoms with Gasteiger partial charge in [-0.25, -0.2) is 0 Å². The topological polar surface area (TPSA) is 135 Å². The lowest BCUT2D eigenvalue weighted by Gasteiger charge is -2.21. The van der Waals surface area contributed by atoms with Gasteiger partial charge in [0, 0.05) is 12.7 Å². The predicted octanol–water partition coefficient (Wildman–Crippen LogP) is -1.01. The van der Waals surface area contributed by atoms with Crippen molar-refractivity contribution in [3.8, 4) is 0 Å². The molecule has 1 saturated heterocycles. The first-order valence-electron chi connectivity index (χ1n) is 6.13. The summed E-state index contributed by atoms with van der Waals surface area (Å²) in [5, 5.41) is 0. The van der Waals surface area contributed by atoms with Crippen LogP contribution >= 0.6 is 0 Å². The lowest BCUT2D eigenvalue weighted by molar-refractivity contribution is -0.138. The minimum atomic E-state index is -1.03. The zero-order chi connectivity index (χ0) is 14.7. The van der Waals surface area contributed by atoms with Gasteiger partial charge in [0.25, 0.3) is 5.91 Å². The molecule has 2 heterocycles. The van der Waals surface area contributed by atoms with Crippen LogP contribution < -0.4 is 11.5 Å². The number of aliphatic imine (C=N–C) groups is 1. The van der Waals surface area contributed by atoms with Gasteiger partial charge in [-0.2, -0.15) is 4.99 Å². The molecule has 0 aromatic carbocycles. The van der Waals surface area contributed by atoms with Crippen molar-refractivity contribution in [2.24, 2.45) is 16.5 Å². The number of carbonyl (C=O) groups is 3. The van der Waals surface area contributed by atoms with Crippen molar-refractivity contribution < 1.29 is 14.4 Å². The van der Waals surface area contributed by atoms with Gasteiger partial charge in [-0.3, -0.25) is 14.4 Å². The minimum absolute atomic E-state index is 0.316. The number of aromatic nitrogens is 1. The van der Waals surface area contributed by atoms with E-state index in [1.54, 1.807) is 18.3 Å². The molecular weight excluding hydrogens is 262 g/mol. The van der Waals surface area contributed by atoms with Crippen LogP contribution in [0.5, 0.6) is 0 Å². The van der Waals surface area contributed by atoms with Crippen LogP contribution in [0.2, 0.25) is 0 Å². The number of aromatic amines is 1. The van der Waals surface area contributed by atoms with Gasteiger partial charge >= 0.3 is 5.91 Å². The molecule has 1 aliphatic heterocycles. The number of Topliss-reactive ketones (excluding diaryl/α,β-unsaturated/α-hetero) is 1. The van der Waals surface area contributed by atoms with Crippen LogP contribution in [0.3, 0.4) is 0 Å². The highest BCUT2D eigenvalue weighted by Crippen LogP contribution is 2.20. The Balaban J connectivity index is 2.15. The quantitative estimate of drug-likeness (QED) is 0.369. The number of nitrogens with two attached hydrogens (primary N) is 2. The van der Waals surface area contributed by atoms with Gasteiger partial charge in [0.1, 0.15) is 11.7 Å². The smallest absolute Gasteiger partial charge is 0.318 e. The Morgan fingerprint density at radius 2 is 2.10 bits per heavy atom. The summed E-state index contributed by atoms with van der Waals surface area (Å²) in [6, 6.07) is 2.49. The van der Waals surface area contributed by atoms with Crippen molar-refractivity contribution in [3.05, 3.63) is 24.0 Å². The van der Waals surface area contributed by atoms with E-state index >= 15 is 0 Å². The lowest BCUT2D eigenvalue weighted by atomic mass is 10.1. The molecule has 1 aromatic rings. The molecular formula is C12H15N5O3. The van der Waals surface area contributed by atoms with Gasteiger partial charge in [0.15, 0.2) is 5.96 Å². The van der Waals surface area contributed by atoms with Gasteiger partial charge in [-0.05, 0) is 25.0 Å². The summed E-state index contributed by atoms with van der Waals surface area (Å²) < 4.78 is 0. The second-order valence-corrected chi connectivity index (χ2v) is 4.45. The van der Waals surface area contributed by atoms with Crippen molar-refractivity contribution in [1.82, 2.24) is 9.88 Å². The van der Waals surface area contributed by atoms with Gasteiger partial charge in [0.2, 0.25) is 5.78 Å². The molecule has 1 atom stereocenters. The number of nitrogens with one attached hydrogen (secondary N) is 1. The third kappa shape index (κ3) is 2.68. The highest BCUT2D eigenvalue weighted by Gasteiger charge is 2.37. The van der Waals surface area contributed by atoms with Crippen LogP contribution in [0, 0.1) is 0 Å². The number of guanidine groups is 1. The third-order valence-electron chi connectivity index (χ3n) is 3.09. The molecule has 5 N–H and O–H groups in total. The highest BCUT2D eigenvalue weighted by molar-refractivity contribution is 6.40. The molecule has 1 aromatic heterocycles. The molecule has 0 radical (unpaired) electrons. The summed E-state index contributed by atoms with van der Waals surface area (Å²) in [7, 11) is 0. The number of nitrogens with zero attached hydrogens (tertiary/aromatic N) is 2. The van der Waals surface area contributed by atoms with Crippen molar-refractivity contribution in [2.75, 3.05) is 6.54 Å². The first-order valence-corrected chi connectivity index (χ1v) is 6.13. The van der Waals surface area contributed by atoms with Crippen molar-refractivity contribution in [1.29, 1.82) is 0 Å².